The number of aromatic nitrogens is 2. The fraction of sp³-hybridized carbons (Fsp3) is 0.278. The summed E-state index contributed by atoms with van der Waals surface area (Å²) in [5.74, 6) is 3.03. The fourth-order valence-electron chi connectivity index (χ4n) is 2.47. The van der Waals surface area contributed by atoms with Gasteiger partial charge in [0.15, 0.2) is 0 Å². The molecule has 0 aliphatic heterocycles. The molecule has 0 unspecified atom stereocenters. The van der Waals surface area contributed by atoms with Crippen LogP contribution in [0, 0.1) is 23.7 Å². The molecule has 0 N–H and O–H groups in total. The molecule has 1 heterocycles. The summed E-state index contributed by atoms with van der Waals surface area (Å²) >= 11 is 0. The average Bonchev–Trinajstić information content (AvgIpc) is 2.56. The molecule has 0 bridgehead atoms. The Balaban J connectivity index is 2.79. The average molecular weight is 291 g/mol. The molecule has 0 radical (unpaired) electrons. The van der Waals surface area contributed by atoms with Gasteiger partial charge in [0.25, 0.3) is 5.56 Å². The molecule has 0 saturated heterocycles. The van der Waals surface area contributed by atoms with Crippen LogP contribution >= 0.6 is 0 Å². The number of hydrogen-bond donors (Lipinski definition) is 0. The number of hydrogen-bond acceptors (Lipinski definition) is 3. The van der Waals surface area contributed by atoms with E-state index in [1.54, 1.807) is 18.2 Å². The SMILES string of the molecule is C#CCn1c(-c2cccc(C#N)c2)nc(CC)c(CC)c1=O. The van der Waals surface area contributed by atoms with Crippen LogP contribution in [-0.4, -0.2) is 9.55 Å². The first-order valence-electron chi connectivity index (χ1n) is 7.22. The Morgan fingerprint density at radius 2 is 2.09 bits per heavy atom. The van der Waals surface area contributed by atoms with Crippen LogP contribution in [-0.2, 0) is 19.4 Å². The van der Waals surface area contributed by atoms with E-state index in [-0.39, 0.29) is 12.1 Å². The Bertz CT molecular complexity index is 835. The highest BCUT2D eigenvalue weighted by molar-refractivity contribution is 5.59. The van der Waals surface area contributed by atoms with Gasteiger partial charge in [-0.3, -0.25) is 9.36 Å². The van der Waals surface area contributed by atoms with Crippen molar-refractivity contribution in [2.45, 2.75) is 33.2 Å². The zero-order chi connectivity index (χ0) is 16.1. The Hall–Kier alpha value is -2.85. The van der Waals surface area contributed by atoms with E-state index in [9.17, 15) is 4.79 Å². The summed E-state index contributed by atoms with van der Waals surface area (Å²) in [7, 11) is 0. The predicted molar refractivity (Wildman–Crippen MR) is 86.2 cm³/mol. The second-order valence-corrected chi connectivity index (χ2v) is 4.86. The summed E-state index contributed by atoms with van der Waals surface area (Å²) in [5, 5.41) is 9.05. The van der Waals surface area contributed by atoms with Gasteiger partial charge in [0.2, 0.25) is 0 Å². The Labute approximate surface area is 130 Å². The highest BCUT2D eigenvalue weighted by Crippen LogP contribution is 2.19. The standard InChI is InChI=1S/C18H17N3O/c1-4-10-21-17(14-9-7-8-13(11-14)12-19)20-16(6-3)15(5-2)18(21)22/h1,7-9,11H,5-6,10H2,2-3H3. The van der Waals surface area contributed by atoms with Crippen molar-refractivity contribution < 1.29 is 0 Å². The quantitative estimate of drug-likeness (QED) is 0.813. The van der Waals surface area contributed by atoms with Gasteiger partial charge in [-0.15, -0.1) is 6.42 Å². The molecule has 0 amide bonds. The van der Waals surface area contributed by atoms with E-state index in [1.165, 1.54) is 4.57 Å². The Morgan fingerprint density at radius 1 is 1.32 bits per heavy atom. The van der Waals surface area contributed by atoms with Gasteiger partial charge in [0.05, 0.1) is 23.9 Å². The lowest BCUT2D eigenvalue weighted by molar-refractivity contribution is 0.743. The predicted octanol–water partition coefficient (Wildman–Crippen LogP) is 2.54. The summed E-state index contributed by atoms with van der Waals surface area (Å²) in [6.07, 6.45) is 6.71. The molecule has 4 heteroatoms. The molecule has 0 aliphatic rings. The minimum atomic E-state index is -0.0929. The normalized spacial score (nSPS) is 10.0. The van der Waals surface area contributed by atoms with Crippen molar-refractivity contribution in [2.24, 2.45) is 0 Å². The lowest BCUT2D eigenvalue weighted by atomic mass is 10.1. The second kappa shape index (κ2) is 6.74. The molecule has 22 heavy (non-hydrogen) atoms. The number of nitriles is 1. The van der Waals surface area contributed by atoms with Crippen LogP contribution in [0.1, 0.15) is 30.7 Å². The number of nitrogens with zero attached hydrogens (tertiary/aromatic N) is 3. The van der Waals surface area contributed by atoms with E-state index < -0.39 is 0 Å². The van der Waals surface area contributed by atoms with Crippen molar-refractivity contribution in [3.05, 3.63) is 51.4 Å². The first-order valence-corrected chi connectivity index (χ1v) is 7.22. The third-order valence-corrected chi connectivity index (χ3v) is 3.54. The van der Waals surface area contributed by atoms with Crippen molar-refractivity contribution >= 4 is 0 Å². The Morgan fingerprint density at radius 3 is 2.68 bits per heavy atom. The van der Waals surface area contributed by atoms with E-state index in [1.807, 2.05) is 19.9 Å². The molecule has 0 fully saturated rings. The first kappa shape index (κ1) is 15.5. The molecular weight excluding hydrogens is 274 g/mol. The van der Waals surface area contributed by atoms with Gasteiger partial charge in [0.1, 0.15) is 5.82 Å². The van der Waals surface area contributed by atoms with E-state index in [4.69, 9.17) is 11.7 Å². The molecule has 110 valence electrons. The first-order chi connectivity index (χ1) is 10.7. The third-order valence-electron chi connectivity index (χ3n) is 3.54. The highest BCUT2D eigenvalue weighted by Gasteiger charge is 2.15. The van der Waals surface area contributed by atoms with E-state index in [0.717, 1.165) is 11.3 Å². The van der Waals surface area contributed by atoms with Gasteiger partial charge in [-0.1, -0.05) is 31.9 Å². The number of benzene rings is 1. The van der Waals surface area contributed by atoms with Crippen LogP contribution in [0.4, 0.5) is 0 Å². The Kier molecular flexibility index (Phi) is 4.76. The second-order valence-electron chi connectivity index (χ2n) is 4.86. The van der Waals surface area contributed by atoms with Crippen molar-refractivity contribution in [1.29, 1.82) is 5.26 Å². The number of rotatable bonds is 4. The van der Waals surface area contributed by atoms with E-state index in [2.05, 4.69) is 17.0 Å². The van der Waals surface area contributed by atoms with Crippen LogP contribution < -0.4 is 5.56 Å². The smallest absolute Gasteiger partial charge is 0.258 e. The maximum Gasteiger partial charge on any atom is 0.258 e. The van der Waals surface area contributed by atoms with Crippen LogP contribution in [0.2, 0.25) is 0 Å². The molecular formula is C18H17N3O. The maximum atomic E-state index is 12.7. The summed E-state index contributed by atoms with van der Waals surface area (Å²) < 4.78 is 1.51. The molecule has 4 nitrogen and oxygen atoms in total. The van der Waals surface area contributed by atoms with Gasteiger partial charge in [0, 0.05) is 11.1 Å². The monoisotopic (exact) mass is 291 g/mol. The molecule has 2 rings (SSSR count). The van der Waals surface area contributed by atoms with Crippen LogP contribution in [0.15, 0.2) is 29.1 Å². The largest absolute Gasteiger partial charge is 0.281 e. The van der Waals surface area contributed by atoms with Gasteiger partial charge < -0.3 is 0 Å². The van der Waals surface area contributed by atoms with E-state index in [0.29, 0.717) is 29.8 Å². The van der Waals surface area contributed by atoms with Gasteiger partial charge >= 0.3 is 0 Å². The van der Waals surface area contributed by atoms with Crippen LogP contribution in [0.5, 0.6) is 0 Å². The number of aryl methyl sites for hydroxylation is 1. The summed E-state index contributed by atoms with van der Waals surface area (Å²) in [4.78, 5) is 17.3. The molecule has 0 saturated carbocycles. The zero-order valence-corrected chi connectivity index (χ0v) is 12.8. The van der Waals surface area contributed by atoms with Crippen molar-refractivity contribution in [3.8, 4) is 29.8 Å². The number of terminal acetylenes is 1. The van der Waals surface area contributed by atoms with Gasteiger partial charge in [-0.05, 0) is 25.0 Å². The van der Waals surface area contributed by atoms with Crippen molar-refractivity contribution in [1.82, 2.24) is 9.55 Å². The minimum Gasteiger partial charge on any atom is -0.281 e. The fourth-order valence-corrected chi connectivity index (χ4v) is 2.47. The highest BCUT2D eigenvalue weighted by atomic mass is 16.1. The van der Waals surface area contributed by atoms with Crippen molar-refractivity contribution in [3.63, 3.8) is 0 Å². The summed E-state index contributed by atoms with van der Waals surface area (Å²) in [6, 6.07) is 9.15. The third kappa shape index (κ3) is 2.77. The molecule has 0 spiro atoms. The topological polar surface area (TPSA) is 58.7 Å². The molecule has 0 aliphatic carbocycles. The molecule has 0 atom stereocenters. The maximum absolute atomic E-state index is 12.7. The molecule has 2 aromatic rings. The molecule has 1 aromatic carbocycles. The van der Waals surface area contributed by atoms with Crippen LogP contribution in [0.3, 0.4) is 0 Å². The van der Waals surface area contributed by atoms with Crippen LogP contribution in [0.25, 0.3) is 11.4 Å². The lowest BCUT2D eigenvalue weighted by Gasteiger charge is -2.14. The van der Waals surface area contributed by atoms with Gasteiger partial charge in [-0.2, -0.15) is 5.26 Å². The van der Waals surface area contributed by atoms with Crippen molar-refractivity contribution in [2.75, 3.05) is 0 Å². The molecule has 1 aromatic heterocycles. The minimum absolute atomic E-state index is 0.0929. The summed E-state index contributed by atoms with van der Waals surface area (Å²) in [6.45, 7) is 4.07. The van der Waals surface area contributed by atoms with E-state index >= 15 is 0 Å². The lowest BCUT2D eigenvalue weighted by Crippen LogP contribution is -2.28. The summed E-state index contributed by atoms with van der Waals surface area (Å²) in [5.41, 5.74) is 2.65. The zero-order valence-electron chi connectivity index (χ0n) is 12.8. The van der Waals surface area contributed by atoms with Gasteiger partial charge in [-0.25, -0.2) is 4.98 Å².